The molecule has 47 heavy (non-hydrogen) atoms. The number of halogens is 6. The number of rotatable bonds is 6. The molecule has 0 unspecified atom stereocenters. The number of amides is 1. The van der Waals surface area contributed by atoms with Crippen molar-refractivity contribution in [1.29, 1.82) is 0 Å². The van der Waals surface area contributed by atoms with E-state index in [-0.39, 0.29) is 55.7 Å². The Hall–Kier alpha value is -3.90. The van der Waals surface area contributed by atoms with Crippen molar-refractivity contribution in [3.8, 4) is 22.5 Å². The van der Waals surface area contributed by atoms with E-state index in [9.17, 15) is 33.1 Å². The van der Waals surface area contributed by atoms with E-state index in [1.165, 1.54) is 33.4 Å². The van der Waals surface area contributed by atoms with Crippen LogP contribution >= 0.6 is 46.4 Å². The molecule has 0 atom stereocenters. The van der Waals surface area contributed by atoms with Crippen molar-refractivity contribution in [2.75, 3.05) is 5.32 Å². The van der Waals surface area contributed by atoms with E-state index in [0.29, 0.717) is 11.3 Å². The van der Waals surface area contributed by atoms with Gasteiger partial charge >= 0.3 is 12.1 Å². The first-order valence-corrected chi connectivity index (χ1v) is 15.4. The van der Waals surface area contributed by atoms with Crippen molar-refractivity contribution in [2.45, 2.75) is 53.3 Å². The highest BCUT2D eigenvalue weighted by Crippen LogP contribution is 2.35. The summed E-state index contributed by atoms with van der Waals surface area (Å²) in [6.45, 7) is 9.06. The lowest BCUT2D eigenvalue weighted by molar-refractivity contribution is 0.0634. The Morgan fingerprint density at radius 1 is 0.766 bits per heavy atom. The number of nitrogens with zero attached hydrogens (tertiary/aromatic N) is 2. The lowest BCUT2D eigenvalue weighted by Gasteiger charge is -2.22. The predicted octanol–water partition coefficient (Wildman–Crippen LogP) is 9.01. The molecule has 4 rings (SSSR count). The van der Waals surface area contributed by atoms with E-state index in [0.717, 1.165) is 24.3 Å². The van der Waals surface area contributed by atoms with Crippen LogP contribution in [0.3, 0.4) is 0 Å². The Morgan fingerprint density at radius 3 is 1.64 bits per heavy atom. The Bertz CT molecular complexity index is 1970. The first-order chi connectivity index (χ1) is 21.9. The summed E-state index contributed by atoms with van der Waals surface area (Å²) < 4.78 is 34.4. The van der Waals surface area contributed by atoms with Gasteiger partial charge in [0.05, 0.1) is 32.7 Å². The number of ether oxygens (including phenoxy) is 1. The molecule has 250 valence electrons. The van der Waals surface area contributed by atoms with Crippen molar-refractivity contribution in [1.82, 2.24) is 9.13 Å². The van der Waals surface area contributed by atoms with Gasteiger partial charge in [0.1, 0.15) is 27.3 Å². The van der Waals surface area contributed by atoms with E-state index in [2.05, 4.69) is 5.32 Å². The van der Waals surface area contributed by atoms with E-state index < -0.39 is 40.4 Å². The molecule has 1 amide bonds. The number of pyridine rings is 2. The van der Waals surface area contributed by atoms with Gasteiger partial charge in [-0.15, -0.1) is 0 Å². The van der Waals surface area contributed by atoms with Crippen molar-refractivity contribution in [2.24, 2.45) is 0 Å². The molecule has 2 aromatic carbocycles. The van der Waals surface area contributed by atoms with Crippen molar-refractivity contribution in [3.05, 3.63) is 107 Å². The van der Waals surface area contributed by atoms with E-state index in [4.69, 9.17) is 51.1 Å². The second kappa shape index (κ2) is 15.3. The third-order valence-electron chi connectivity index (χ3n) is 6.36. The fourth-order valence-electron chi connectivity index (χ4n) is 4.48. The SMILES string of the molecule is CCn1c(-c2ccc(F)cc2Cl)c(C(=O)O)cc(Cl)c1=O.CCn1c(-c2ccc(F)cc2Cl)c(NC(=O)OC(C)(C)C)cc(Cl)c1=O. The molecule has 0 saturated heterocycles. The van der Waals surface area contributed by atoms with Crippen LogP contribution in [0.5, 0.6) is 0 Å². The van der Waals surface area contributed by atoms with Gasteiger partial charge in [-0.05, 0) is 83.1 Å². The minimum atomic E-state index is -1.26. The van der Waals surface area contributed by atoms with Crippen molar-refractivity contribution < 1.29 is 28.2 Å². The Balaban J connectivity index is 0.000000261. The fraction of sp³-hybridized carbons (Fsp3) is 0.250. The zero-order valence-electron chi connectivity index (χ0n) is 25.7. The Kier molecular flexibility index (Phi) is 12.3. The maximum atomic E-state index is 13.4. The van der Waals surface area contributed by atoms with Gasteiger partial charge in [0.15, 0.2) is 0 Å². The van der Waals surface area contributed by atoms with Crippen LogP contribution < -0.4 is 16.4 Å². The van der Waals surface area contributed by atoms with Crippen LogP contribution in [0.2, 0.25) is 20.1 Å². The van der Waals surface area contributed by atoms with E-state index in [1.54, 1.807) is 34.6 Å². The molecule has 2 N–H and O–H groups in total. The zero-order chi connectivity index (χ0) is 35.4. The van der Waals surface area contributed by atoms with Gasteiger partial charge in [-0.2, -0.15) is 0 Å². The number of carbonyl (C=O) groups excluding carboxylic acids is 1. The lowest BCUT2D eigenvalue weighted by Crippen LogP contribution is -2.29. The number of hydrogen-bond acceptors (Lipinski definition) is 5. The van der Waals surface area contributed by atoms with Crippen LogP contribution in [0.15, 0.2) is 58.1 Å². The summed E-state index contributed by atoms with van der Waals surface area (Å²) in [4.78, 5) is 48.1. The number of carbonyl (C=O) groups is 2. The monoisotopic (exact) mass is 729 g/mol. The number of aromatic nitrogens is 2. The summed E-state index contributed by atoms with van der Waals surface area (Å²) in [5, 5.41) is 11.8. The highest BCUT2D eigenvalue weighted by atomic mass is 35.5. The molecule has 4 aromatic rings. The molecule has 0 aliphatic rings. The number of anilines is 1. The summed E-state index contributed by atoms with van der Waals surface area (Å²) in [6, 6.07) is 9.73. The number of hydrogen-bond donors (Lipinski definition) is 2. The van der Waals surface area contributed by atoms with Crippen LogP contribution in [0.4, 0.5) is 19.3 Å². The molecule has 0 aliphatic carbocycles. The third-order valence-corrected chi connectivity index (χ3v) is 7.53. The summed E-state index contributed by atoms with van der Waals surface area (Å²) in [5.74, 6) is -2.32. The van der Waals surface area contributed by atoms with Gasteiger partial charge in [-0.25, -0.2) is 18.4 Å². The fourth-order valence-corrected chi connectivity index (χ4v) is 5.42. The maximum absolute atomic E-state index is 13.4. The van der Waals surface area contributed by atoms with Crippen LogP contribution in [0.1, 0.15) is 45.0 Å². The number of nitrogens with one attached hydrogen (secondary N) is 1. The molecule has 9 nitrogen and oxygen atoms in total. The van der Waals surface area contributed by atoms with E-state index in [1.807, 2.05) is 0 Å². The first-order valence-electron chi connectivity index (χ1n) is 13.9. The van der Waals surface area contributed by atoms with Crippen LogP contribution in [-0.4, -0.2) is 31.9 Å². The smallest absolute Gasteiger partial charge is 0.412 e. The number of carboxylic acid groups (broad SMARTS) is 1. The molecule has 0 radical (unpaired) electrons. The minimum Gasteiger partial charge on any atom is -0.478 e. The van der Waals surface area contributed by atoms with Gasteiger partial charge in [0.25, 0.3) is 11.1 Å². The maximum Gasteiger partial charge on any atom is 0.412 e. The molecule has 0 fully saturated rings. The van der Waals surface area contributed by atoms with Crippen LogP contribution in [0.25, 0.3) is 22.5 Å². The molecule has 0 bridgehead atoms. The normalized spacial score (nSPS) is 11.0. The Labute approximate surface area is 288 Å². The van der Waals surface area contributed by atoms with Crippen LogP contribution in [0, 0.1) is 11.6 Å². The minimum absolute atomic E-state index is 0.0152. The van der Waals surface area contributed by atoms with Gasteiger partial charge < -0.3 is 19.0 Å². The van der Waals surface area contributed by atoms with Gasteiger partial charge in [0.2, 0.25) is 0 Å². The standard InChI is InChI=1S/C18H19Cl2FN2O3.C14H10Cl2FNO3/c1-5-23-15(11-7-6-10(21)8-12(11)19)14(9-13(20)16(23)24)22-17(25)26-18(2,3)4;1-2-18-12(8-4-3-7(17)5-10(8)15)9(14(20)21)6-11(16)13(18)19/h6-9H,5H2,1-4H3,(H,22,25);3-6H,2H2,1H3,(H,20,21). The van der Waals surface area contributed by atoms with Gasteiger partial charge in [-0.1, -0.05) is 46.4 Å². The average molecular weight is 731 g/mol. The molecule has 15 heteroatoms. The van der Waals surface area contributed by atoms with Crippen molar-refractivity contribution in [3.63, 3.8) is 0 Å². The van der Waals surface area contributed by atoms with Gasteiger partial charge in [0, 0.05) is 24.2 Å². The second-order valence-corrected chi connectivity index (χ2v) is 12.4. The predicted molar refractivity (Wildman–Crippen MR) is 180 cm³/mol. The highest BCUT2D eigenvalue weighted by molar-refractivity contribution is 6.34. The summed E-state index contributed by atoms with van der Waals surface area (Å²) >= 11 is 23.9. The van der Waals surface area contributed by atoms with E-state index >= 15 is 0 Å². The number of aromatic carboxylic acids is 1. The van der Waals surface area contributed by atoms with Crippen LogP contribution in [-0.2, 0) is 17.8 Å². The molecular weight excluding hydrogens is 702 g/mol. The summed E-state index contributed by atoms with van der Waals surface area (Å²) in [7, 11) is 0. The second-order valence-electron chi connectivity index (χ2n) is 10.8. The highest BCUT2D eigenvalue weighted by Gasteiger charge is 2.23. The quantitative estimate of drug-likeness (QED) is 0.204. The average Bonchev–Trinajstić information content (AvgIpc) is 2.96. The molecule has 0 aliphatic heterocycles. The molecule has 2 aromatic heterocycles. The summed E-state index contributed by atoms with van der Waals surface area (Å²) in [5.41, 5.74) is -0.558. The largest absolute Gasteiger partial charge is 0.478 e. The molecule has 0 saturated carbocycles. The molecule has 0 spiro atoms. The number of carboxylic acids is 1. The Morgan fingerprint density at radius 2 is 1.21 bits per heavy atom. The lowest BCUT2D eigenvalue weighted by atomic mass is 10.0. The topological polar surface area (TPSA) is 120 Å². The molecular formula is C32H29Cl4F2N3O6. The molecule has 2 heterocycles. The first kappa shape index (κ1) is 37.6. The summed E-state index contributed by atoms with van der Waals surface area (Å²) in [6.07, 6.45) is -0.714. The number of benzene rings is 2. The third kappa shape index (κ3) is 8.92. The van der Waals surface area contributed by atoms with Crippen molar-refractivity contribution >= 4 is 64.2 Å². The van der Waals surface area contributed by atoms with Gasteiger partial charge in [-0.3, -0.25) is 14.9 Å². The zero-order valence-corrected chi connectivity index (χ0v) is 28.7.